The number of carbonyl (C=O) groups excluding carboxylic acids is 1. The molecule has 0 atom stereocenters. The van der Waals surface area contributed by atoms with Gasteiger partial charge in [-0.15, -0.1) is 0 Å². The van der Waals surface area contributed by atoms with Crippen LogP contribution in [0.3, 0.4) is 0 Å². The van der Waals surface area contributed by atoms with Crippen molar-refractivity contribution in [1.29, 1.82) is 0 Å². The molecule has 5 nitrogen and oxygen atoms in total. The van der Waals surface area contributed by atoms with Gasteiger partial charge in [0.15, 0.2) is 0 Å². The first-order valence-corrected chi connectivity index (χ1v) is 9.47. The third-order valence-electron chi connectivity index (χ3n) is 4.43. The molecule has 0 aliphatic carbocycles. The maximum atomic E-state index is 13.0. The highest BCUT2D eigenvalue weighted by molar-refractivity contribution is 5.93. The van der Waals surface area contributed by atoms with Crippen LogP contribution in [0, 0.1) is 12.7 Å². The van der Waals surface area contributed by atoms with Crippen LogP contribution in [0.4, 0.5) is 15.9 Å². The maximum Gasteiger partial charge on any atom is 0.270 e. The van der Waals surface area contributed by atoms with E-state index >= 15 is 0 Å². The quantitative estimate of drug-likeness (QED) is 0.648. The lowest BCUT2D eigenvalue weighted by atomic mass is 9.86. The molecule has 0 aliphatic heterocycles. The van der Waals surface area contributed by atoms with Crippen LogP contribution in [0.2, 0.25) is 0 Å². The van der Waals surface area contributed by atoms with Crippen LogP contribution in [0.15, 0.2) is 54.6 Å². The zero-order valence-corrected chi connectivity index (χ0v) is 17.1. The number of amides is 1. The summed E-state index contributed by atoms with van der Waals surface area (Å²) in [5.41, 5.74) is 3.13. The Balaban J connectivity index is 1.78. The standard InChI is InChI=1S/C23H25FN4O/c1-15-26-20(22(29)25-14-16-9-11-17(24)12-10-16)13-21(27-15)28-19-8-6-5-7-18(19)23(2,3)4/h5-13H,14H2,1-4H3,(H,25,29)(H,26,27,28). The summed E-state index contributed by atoms with van der Waals surface area (Å²) in [5, 5.41) is 6.13. The second-order valence-corrected chi connectivity index (χ2v) is 7.92. The van der Waals surface area contributed by atoms with Crippen LogP contribution >= 0.6 is 0 Å². The average molecular weight is 392 g/mol. The highest BCUT2D eigenvalue weighted by Crippen LogP contribution is 2.30. The van der Waals surface area contributed by atoms with Crippen LogP contribution in [0.25, 0.3) is 0 Å². The van der Waals surface area contributed by atoms with Crippen molar-refractivity contribution in [2.75, 3.05) is 5.32 Å². The maximum absolute atomic E-state index is 13.0. The van der Waals surface area contributed by atoms with Gasteiger partial charge in [-0.05, 0) is 41.7 Å². The molecule has 2 N–H and O–H groups in total. The number of hydrogen-bond acceptors (Lipinski definition) is 4. The fourth-order valence-corrected chi connectivity index (χ4v) is 3.01. The summed E-state index contributed by atoms with van der Waals surface area (Å²) in [7, 11) is 0. The van der Waals surface area contributed by atoms with Crippen LogP contribution in [-0.2, 0) is 12.0 Å². The minimum Gasteiger partial charge on any atom is -0.347 e. The van der Waals surface area contributed by atoms with Crippen LogP contribution in [-0.4, -0.2) is 15.9 Å². The van der Waals surface area contributed by atoms with Crippen molar-refractivity contribution in [3.05, 3.63) is 83.1 Å². The predicted molar refractivity (Wildman–Crippen MR) is 113 cm³/mol. The molecule has 6 heteroatoms. The van der Waals surface area contributed by atoms with Crippen molar-refractivity contribution in [2.45, 2.75) is 39.7 Å². The number of carbonyl (C=O) groups is 1. The topological polar surface area (TPSA) is 66.9 Å². The molecule has 0 spiro atoms. The van der Waals surface area contributed by atoms with Gasteiger partial charge in [-0.3, -0.25) is 4.79 Å². The summed E-state index contributed by atoms with van der Waals surface area (Å²) in [6, 6.07) is 15.7. The molecule has 0 saturated carbocycles. The van der Waals surface area contributed by atoms with Crippen molar-refractivity contribution in [1.82, 2.24) is 15.3 Å². The smallest absolute Gasteiger partial charge is 0.270 e. The molecule has 0 saturated heterocycles. The zero-order chi connectivity index (χ0) is 21.0. The Morgan fingerprint density at radius 3 is 2.41 bits per heavy atom. The molecule has 1 amide bonds. The highest BCUT2D eigenvalue weighted by Gasteiger charge is 2.18. The fraction of sp³-hybridized carbons (Fsp3) is 0.261. The molecule has 3 rings (SSSR count). The molecule has 0 unspecified atom stereocenters. The van der Waals surface area contributed by atoms with E-state index < -0.39 is 0 Å². The minimum atomic E-state index is -0.313. The lowest BCUT2D eigenvalue weighted by Crippen LogP contribution is -2.24. The van der Waals surface area contributed by atoms with Crippen molar-refractivity contribution >= 4 is 17.4 Å². The molecule has 29 heavy (non-hydrogen) atoms. The SMILES string of the molecule is Cc1nc(Nc2ccccc2C(C)(C)C)cc(C(=O)NCc2ccc(F)cc2)n1. The number of rotatable bonds is 5. The number of hydrogen-bond donors (Lipinski definition) is 2. The first-order valence-electron chi connectivity index (χ1n) is 9.47. The van der Waals surface area contributed by atoms with E-state index in [1.165, 1.54) is 12.1 Å². The zero-order valence-electron chi connectivity index (χ0n) is 17.1. The molecule has 0 radical (unpaired) electrons. The number of nitrogens with zero attached hydrogens (tertiary/aromatic N) is 2. The molecule has 0 aliphatic rings. The van der Waals surface area contributed by atoms with Crippen molar-refractivity contribution in [3.8, 4) is 0 Å². The Bertz CT molecular complexity index is 1010. The Labute approximate surface area is 170 Å². The third kappa shape index (κ3) is 5.38. The first kappa shape index (κ1) is 20.5. The van der Waals surface area contributed by atoms with Crippen LogP contribution in [0.5, 0.6) is 0 Å². The summed E-state index contributed by atoms with van der Waals surface area (Å²) in [4.78, 5) is 21.2. The van der Waals surface area contributed by atoms with Crippen molar-refractivity contribution in [3.63, 3.8) is 0 Å². The number of para-hydroxylation sites is 1. The Morgan fingerprint density at radius 2 is 1.72 bits per heavy atom. The number of aromatic nitrogens is 2. The summed E-state index contributed by atoms with van der Waals surface area (Å²) in [6.07, 6.45) is 0. The van der Waals surface area contributed by atoms with E-state index in [2.05, 4.69) is 47.4 Å². The van der Waals surface area contributed by atoms with Gasteiger partial charge in [0.25, 0.3) is 5.91 Å². The summed E-state index contributed by atoms with van der Waals surface area (Å²) in [5.74, 6) is 0.432. The normalized spacial score (nSPS) is 11.2. The van der Waals surface area contributed by atoms with Crippen LogP contribution < -0.4 is 10.6 Å². The number of nitrogens with one attached hydrogen (secondary N) is 2. The van der Waals surface area contributed by atoms with Crippen LogP contribution in [0.1, 0.15) is 48.2 Å². The fourth-order valence-electron chi connectivity index (χ4n) is 3.01. The van der Waals surface area contributed by atoms with E-state index in [1.807, 2.05) is 18.2 Å². The van der Waals surface area contributed by atoms with E-state index in [0.717, 1.165) is 16.8 Å². The molecule has 1 heterocycles. The molecular formula is C23H25FN4O. The van der Waals surface area contributed by atoms with Gasteiger partial charge in [0.1, 0.15) is 23.2 Å². The molecule has 3 aromatic rings. The molecule has 150 valence electrons. The Morgan fingerprint density at radius 1 is 1.03 bits per heavy atom. The average Bonchev–Trinajstić information content (AvgIpc) is 2.66. The number of benzene rings is 2. The summed E-state index contributed by atoms with van der Waals surface area (Å²) >= 11 is 0. The monoisotopic (exact) mass is 392 g/mol. The van der Waals surface area contributed by atoms with Gasteiger partial charge in [0, 0.05) is 18.3 Å². The van der Waals surface area contributed by atoms with Gasteiger partial charge in [0.05, 0.1) is 0 Å². The van der Waals surface area contributed by atoms with E-state index in [-0.39, 0.29) is 29.4 Å². The van der Waals surface area contributed by atoms with Crippen molar-refractivity contribution < 1.29 is 9.18 Å². The van der Waals surface area contributed by atoms with E-state index in [0.29, 0.717) is 11.6 Å². The van der Waals surface area contributed by atoms with Gasteiger partial charge >= 0.3 is 0 Å². The molecule has 0 bridgehead atoms. The second kappa shape index (κ2) is 8.39. The third-order valence-corrected chi connectivity index (χ3v) is 4.43. The van der Waals surface area contributed by atoms with Gasteiger partial charge in [-0.25, -0.2) is 14.4 Å². The largest absolute Gasteiger partial charge is 0.347 e. The predicted octanol–water partition coefficient (Wildman–Crippen LogP) is 4.90. The minimum absolute atomic E-state index is 0.0406. The first-order chi connectivity index (χ1) is 13.7. The molecule has 2 aromatic carbocycles. The van der Waals surface area contributed by atoms with E-state index in [9.17, 15) is 9.18 Å². The molecule has 0 fully saturated rings. The van der Waals surface area contributed by atoms with Gasteiger partial charge < -0.3 is 10.6 Å². The second-order valence-electron chi connectivity index (χ2n) is 7.92. The summed E-state index contributed by atoms with van der Waals surface area (Å²) < 4.78 is 13.0. The molecular weight excluding hydrogens is 367 g/mol. The van der Waals surface area contributed by atoms with Gasteiger partial charge in [-0.1, -0.05) is 51.1 Å². The number of aryl methyl sites for hydroxylation is 1. The van der Waals surface area contributed by atoms with E-state index in [4.69, 9.17) is 0 Å². The highest BCUT2D eigenvalue weighted by atomic mass is 19.1. The Kier molecular flexibility index (Phi) is 5.92. The van der Waals surface area contributed by atoms with Crippen molar-refractivity contribution in [2.24, 2.45) is 0 Å². The van der Waals surface area contributed by atoms with Gasteiger partial charge in [0.2, 0.25) is 0 Å². The summed E-state index contributed by atoms with van der Waals surface area (Å²) in [6.45, 7) is 8.47. The van der Waals surface area contributed by atoms with Gasteiger partial charge in [-0.2, -0.15) is 0 Å². The number of halogens is 1. The Hall–Kier alpha value is -3.28. The molecule has 1 aromatic heterocycles. The number of anilines is 2. The lowest BCUT2D eigenvalue weighted by Gasteiger charge is -2.23. The van der Waals surface area contributed by atoms with E-state index in [1.54, 1.807) is 25.1 Å². The lowest BCUT2D eigenvalue weighted by molar-refractivity contribution is 0.0945.